The second-order valence-corrected chi connectivity index (χ2v) is 5.02. The molecular formula is C8H9ClFNO2S. The highest BCUT2D eigenvalue weighted by Crippen LogP contribution is 2.25. The Morgan fingerprint density at radius 1 is 1.50 bits per heavy atom. The van der Waals surface area contributed by atoms with Gasteiger partial charge in [-0.05, 0) is 19.1 Å². The molecule has 0 fully saturated rings. The first kappa shape index (κ1) is 11.3. The number of sulfonamides is 1. The summed E-state index contributed by atoms with van der Waals surface area (Å²) in [7, 11) is -3.49. The monoisotopic (exact) mass is 237 g/mol. The molecule has 0 aliphatic rings. The maximum atomic E-state index is 13.1. The maximum Gasteiger partial charge on any atom is 0.232 e. The Morgan fingerprint density at radius 2 is 2.14 bits per heavy atom. The Bertz CT molecular complexity index is 413. The summed E-state index contributed by atoms with van der Waals surface area (Å²) in [6.45, 7) is 1.46. The quantitative estimate of drug-likeness (QED) is 0.877. The van der Waals surface area contributed by atoms with Gasteiger partial charge in [0.2, 0.25) is 10.0 Å². The van der Waals surface area contributed by atoms with E-state index in [1.807, 2.05) is 0 Å². The average Bonchev–Trinajstić information content (AvgIpc) is 2.12. The molecular weight excluding hydrogens is 229 g/mol. The van der Waals surface area contributed by atoms with Crippen molar-refractivity contribution in [1.82, 2.24) is 0 Å². The third-order valence-corrected chi connectivity index (χ3v) is 3.19. The van der Waals surface area contributed by atoms with Gasteiger partial charge in [0.25, 0.3) is 0 Å². The van der Waals surface area contributed by atoms with Crippen molar-refractivity contribution >= 4 is 27.3 Å². The summed E-state index contributed by atoms with van der Waals surface area (Å²) in [5.74, 6) is -0.813. The SMILES string of the molecule is CCS(=O)(=O)Nc1c(F)cccc1Cl. The third kappa shape index (κ3) is 2.59. The normalized spacial score (nSPS) is 11.4. The molecule has 0 aromatic heterocycles. The van der Waals surface area contributed by atoms with E-state index in [1.54, 1.807) is 0 Å². The lowest BCUT2D eigenvalue weighted by Gasteiger charge is -2.08. The first-order valence-corrected chi connectivity index (χ1v) is 5.94. The van der Waals surface area contributed by atoms with Gasteiger partial charge >= 0.3 is 0 Å². The van der Waals surface area contributed by atoms with E-state index in [9.17, 15) is 12.8 Å². The predicted octanol–water partition coefficient (Wildman–Crippen LogP) is 2.24. The van der Waals surface area contributed by atoms with Gasteiger partial charge in [-0.15, -0.1) is 0 Å². The van der Waals surface area contributed by atoms with E-state index in [2.05, 4.69) is 4.72 Å². The van der Waals surface area contributed by atoms with E-state index in [0.717, 1.165) is 6.07 Å². The fourth-order valence-corrected chi connectivity index (χ4v) is 1.75. The summed E-state index contributed by atoms with van der Waals surface area (Å²) in [5.41, 5.74) is -0.198. The van der Waals surface area contributed by atoms with Gasteiger partial charge in [0.05, 0.1) is 10.8 Å². The molecule has 6 heteroatoms. The smallest absolute Gasteiger partial charge is 0.232 e. The van der Waals surface area contributed by atoms with Crippen LogP contribution in [-0.2, 0) is 10.0 Å². The largest absolute Gasteiger partial charge is 0.279 e. The molecule has 0 spiro atoms. The molecule has 1 aromatic rings. The Hall–Kier alpha value is -0.810. The second-order valence-electron chi connectivity index (χ2n) is 2.60. The van der Waals surface area contributed by atoms with Crippen LogP contribution in [0.4, 0.5) is 10.1 Å². The van der Waals surface area contributed by atoms with E-state index in [-0.39, 0.29) is 16.5 Å². The molecule has 0 radical (unpaired) electrons. The molecule has 3 nitrogen and oxygen atoms in total. The highest BCUT2D eigenvalue weighted by Gasteiger charge is 2.13. The van der Waals surface area contributed by atoms with Gasteiger partial charge in [0.15, 0.2) is 0 Å². The van der Waals surface area contributed by atoms with Gasteiger partial charge in [-0.1, -0.05) is 17.7 Å². The highest BCUT2D eigenvalue weighted by atomic mass is 35.5. The summed E-state index contributed by atoms with van der Waals surface area (Å²) in [6.07, 6.45) is 0. The lowest BCUT2D eigenvalue weighted by Crippen LogP contribution is -2.15. The number of hydrogen-bond acceptors (Lipinski definition) is 2. The summed E-state index contributed by atoms with van der Waals surface area (Å²) in [4.78, 5) is 0. The molecule has 0 aliphatic carbocycles. The highest BCUT2D eigenvalue weighted by molar-refractivity contribution is 7.92. The first-order valence-electron chi connectivity index (χ1n) is 3.91. The molecule has 0 bridgehead atoms. The zero-order valence-electron chi connectivity index (χ0n) is 7.42. The lowest BCUT2D eigenvalue weighted by molar-refractivity contribution is 0.599. The molecule has 0 saturated heterocycles. The van der Waals surface area contributed by atoms with Crippen LogP contribution in [0.3, 0.4) is 0 Å². The van der Waals surface area contributed by atoms with Gasteiger partial charge in [-0.3, -0.25) is 4.72 Å². The first-order chi connectivity index (χ1) is 6.46. The van der Waals surface area contributed by atoms with Crippen LogP contribution in [0.15, 0.2) is 18.2 Å². The molecule has 0 aliphatic heterocycles. The molecule has 0 unspecified atom stereocenters. The second kappa shape index (κ2) is 4.14. The zero-order valence-corrected chi connectivity index (χ0v) is 8.99. The van der Waals surface area contributed by atoms with Crippen LogP contribution in [0.5, 0.6) is 0 Å². The Labute approximate surface area is 86.9 Å². The number of anilines is 1. The van der Waals surface area contributed by atoms with Crippen molar-refractivity contribution in [2.45, 2.75) is 6.92 Å². The predicted molar refractivity (Wildman–Crippen MR) is 54.5 cm³/mol. The lowest BCUT2D eigenvalue weighted by atomic mass is 10.3. The fraction of sp³-hybridized carbons (Fsp3) is 0.250. The van der Waals surface area contributed by atoms with Gasteiger partial charge in [0.1, 0.15) is 11.5 Å². The number of benzene rings is 1. The van der Waals surface area contributed by atoms with Crippen molar-refractivity contribution in [2.75, 3.05) is 10.5 Å². The third-order valence-electron chi connectivity index (χ3n) is 1.60. The minimum atomic E-state index is -3.49. The Morgan fingerprint density at radius 3 is 2.64 bits per heavy atom. The number of para-hydroxylation sites is 1. The van der Waals surface area contributed by atoms with Crippen LogP contribution in [0, 0.1) is 5.82 Å². The van der Waals surface area contributed by atoms with Crippen LogP contribution >= 0.6 is 11.6 Å². The molecule has 1 N–H and O–H groups in total. The molecule has 1 rings (SSSR count). The minimum Gasteiger partial charge on any atom is -0.279 e. The average molecular weight is 238 g/mol. The van der Waals surface area contributed by atoms with Crippen LogP contribution < -0.4 is 4.72 Å². The minimum absolute atomic E-state index is 0.0435. The molecule has 0 amide bonds. The van der Waals surface area contributed by atoms with E-state index >= 15 is 0 Å². The van der Waals surface area contributed by atoms with E-state index in [4.69, 9.17) is 11.6 Å². The summed E-state index contributed by atoms with van der Waals surface area (Å²) in [6, 6.07) is 3.96. The summed E-state index contributed by atoms with van der Waals surface area (Å²) >= 11 is 5.63. The van der Waals surface area contributed by atoms with Gasteiger partial charge in [0, 0.05) is 0 Å². The Balaban J connectivity index is 3.09. The maximum absolute atomic E-state index is 13.1. The van der Waals surface area contributed by atoms with Crippen molar-refractivity contribution in [3.8, 4) is 0 Å². The molecule has 0 saturated carbocycles. The van der Waals surface area contributed by atoms with Crippen LogP contribution in [-0.4, -0.2) is 14.2 Å². The van der Waals surface area contributed by atoms with Crippen molar-refractivity contribution in [1.29, 1.82) is 0 Å². The topological polar surface area (TPSA) is 46.2 Å². The van der Waals surface area contributed by atoms with Gasteiger partial charge in [-0.2, -0.15) is 0 Å². The fourth-order valence-electron chi connectivity index (χ4n) is 0.823. The number of nitrogens with one attached hydrogen (secondary N) is 1. The van der Waals surface area contributed by atoms with Crippen LogP contribution in [0.1, 0.15) is 6.92 Å². The molecule has 78 valence electrons. The zero-order chi connectivity index (χ0) is 10.8. The van der Waals surface area contributed by atoms with Gasteiger partial charge in [-0.25, -0.2) is 12.8 Å². The standard InChI is InChI=1S/C8H9ClFNO2S/c1-2-14(12,13)11-8-6(9)4-3-5-7(8)10/h3-5,11H,2H2,1H3. The van der Waals surface area contributed by atoms with Crippen LogP contribution in [0.25, 0.3) is 0 Å². The summed E-state index contributed by atoms with van der Waals surface area (Å²) in [5, 5.41) is 0.0435. The van der Waals surface area contributed by atoms with Crippen molar-refractivity contribution in [3.63, 3.8) is 0 Å². The summed E-state index contributed by atoms with van der Waals surface area (Å²) < 4.78 is 37.4. The molecule has 0 atom stereocenters. The van der Waals surface area contributed by atoms with Crippen LogP contribution in [0.2, 0.25) is 5.02 Å². The molecule has 1 aromatic carbocycles. The van der Waals surface area contributed by atoms with Crippen molar-refractivity contribution in [2.24, 2.45) is 0 Å². The van der Waals surface area contributed by atoms with E-state index in [0.29, 0.717) is 0 Å². The van der Waals surface area contributed by atoms with E-state index in [1.165, 1.54) is 19.1 Å². The number of rotatable bonds is 3. The Kier molecular flexibility index (Phi) is 3.34. The van der Waals surface area contributed by atoms with Crippen molar-refractivity contribution in [3.05, 3.63) is 29.0 Å². The van der Waals surface area contributed by atoms with Gasteiger partial charge < -0.3 is 0 Å². The number of hydrogen-bond donors (Lipinski definition) is 1. The molecule has 14 heavy (non-hydrogen) atoms. The van der Waals surface area contributed by atoms with E-state index < -0.39 is 15.8 Å². The number of halogens is 2. The van der Waals surface area contributed by atoms with Crippen molar-refractivity contribution < 1.29 is 12.8 Å². The molecule has 0 heterocycles.